The van der Waals surface area contributed by atoms with Gasteiger partial charge in [-0.05, 0) is 25.0 Å². The van der Waals surface area contributed by atoms with Gasteiger partial charge in [0, 0.05) is 6.04 Å². The van der Waals surface area contributed by atoms with Gasteiger partial charge >= 0.3 is 0 Å². The number of quaternary nitrogens is 1. The zero-order chi connectivity index (χ0) is 19.3. The largest absolute Gasteiger partial charge is 0.348 e. The summed E-state index contributed by atoms with van der Waals surface area (Å²) < 4.78 is 27.1. The second kappa shape index (κ2) is 8.83. The van der Waals surface area contributed by atoms with Crippen LogP contribution in [0.3, 0.4) is 0 Å². The van der Waals surface area contributed by atoms with E-state index in [4.69, 9.17) is 0 Å². The third-order valence-electron chi connectivity index (χ3n) is 5.44. The minimum Gasteiger partial charge on any atom is -0.348 e. The molecule has 1 saturated carbocycles. The summed E-state index contributed by atoms with van der Waals surface area (Å²) in [6.07, 6.45) is 5.73. The Morgan fingerprint density at radius 1 is 1.19 bits per heavy atom. The predicted octanol–water partition coefficient (Wildman–Crippen LogP) is -0.104. The van der Waals surface area contributed by atoms with Crippen molar-refractivity contribution in [2.45, 2.75) is 43.0 Å². The lowest BCUT2D eigenvalue weighted by atomic mass is 9.95. The van der Waals surface area contributed by atoms with Crippen molar-refractivity contribution in [1.29, 1.82) is 5.26 Å². The van der Waals surface area contributed by atoms with Crippen LogP contribution in [-0.2, 0) is 14.8 Å². The highest BCUT2D eigenvalue weighted by molar-refractivity contribution is 7.89. The van der Waals surface area contributed by atoms with Crippen molar-refractivity contribution in [1.82, 2.24) is 9.62 Å². The fourth-order valence-corrected chi connectivity index (χ4v) is 5.48. The van der Waals surface area contributed by atoms with Crippen LogP contribution in [0.15, 0.2) is 29.2 Å². The Morgan fingerprint density at radius 3 is 2.52 bits per heavy atom. The van der Waals surface area contributed by atoms with E-state index in [2.05, 4.69) is 5.32 Å². The number of sulfonamides is 1. The molecule has 0 spiro atoms. The highest BCUT2D eigenvalue weighted by atomic mass is 32.2. The molecule has 1 aliphatic carbocycles. The molecule has 7 nitrogen and oxygen atoms in total. The SMILES string of the molecule is N#Cc1ccccc1S(=O)(=O)N1CC[NH+](CC(=O)NC2CCCCC2)CC1. The minimum absolute atomic E-state index is 0.0584. The van der Waals surface area contributed by atoms with E-state index < -0.39 is 10.0 Å². The number of amides is 1. The second-order valence-electron chi connectivity index (χ2n) is 7.34. The van der Waals surface area contributed by atoms with Gasteiger partial charge in [0.15, 0.2) is 6.54 Å². The van der Waals surface area contributed by atoms with E-state index in [1.165, 1.54) is 35.7 Å². The third kappa shape index (κ3) is 4.86. The molecule has 8 heteroatoms. The van der Waals surface area contributed by atoms with Crippen molar-refractivity contribution < 1.29 is 18.1 Å². The molecule has 1 heterocycles. The van der Waals surface area contributed by atoms with Gasteiger partial charge in [-0.25, -0.2) is 8.42 Å². The summed E-state index contributed by atoms with van der Waals surface area (Å²) in [5.74, 6) is 0.0584. The number of benzene rings is 1. The number of carbonyl (C=O) groups is 1. The number of hydrogen-bond acceptors (Lipinski definition) is 4. The lowest BCUT2D eigenvalue weighted by Gasteiger charge is -2.32. The summed E-state index contributed by atoms with van der Waals surface area (Å²) in [4.78, 5) is 13.4. The first kappa shape index (κ1) is 19.8. The van der Waals surface area contributed by atoms with Crippen molar-refractivity contribution in [3.05, 3.63) is 29.8 Å². The second-order valence-corrected chi connectivity index (χ2v) is 9.25. The van der Waals surface area contributed by atoms with Gasteiger partial charge in [-0.1, -0.05) is 31.4 Å². The fraction of sp³-hybridized carbons (Fsp3) is 0.579. The first-order valence-electron chi connectivity index (χ1n) is 9.63. The zero-order valence-electron chi connectivity index (χ0n) is 15.5. The van der Waals surface area contributed by atoms with Crippen molar-refractivity contribution in [3.8, 4) is 6.07 Å². The maximum Gasteiger partial charge on any atom is 0.275 e. The smallest absolute Gasteiger partial charge is 0.275 e. The van der Waals surface area contributed by atoms with Gasteiger partial charge < -0.3 is 10.2 Å². The molecule has 146 valence electrons. The standard InChI is InChI=1S/C19H26N4O3S/c20-14-16-6-4-5-9-18(16)27(25,26)23-12-10-22(11-13-23)15-19(24)21-17-7-2-1-3-8-17/h4-6,9,17H,1-3,7-8,10-13,15H2,(H,21,24)/p+1. The van der Waals surface area contributed by atoms with E-state index >= 15 is 0 Å². The van der Waals surface area contributed by atoms with Crippen molar-refractivity contribution >= 4 is 15.9 Å². The third-order valence-corrected chi connectivity index (χ3v) is 7.39. The number of hydrogen-bond donors (Lipinski definition) is 2. The van der Waals surface area contributed by atoms with Crippen LogP contribution in [0.1, 0.15) is 37.7 Å². The Morgan fingerprint density at radius 2 is 1.85 bits per heavy atom. The number of nitriles is 1. The summed E-state index contributed by atoms with van der Waals surface area (Å²) in [5, 5.41) is 12.3. The van der Waals surface area contributed by atoms with Gasteiger partial charge in [0.25, 0.3) is 5.91 Å². The molecule has 0 bridgehead atoms. The van der Waals surface area contributed by atoms with Gasteiger partial charge in [-0.3, -0.25) is 4.79 Å². The Bertz CT molecular complexity index is 804. The number of piperazine rings is 1. The summed E-state index contributed by atoms with van der Waals surface area (Å²) in [6, 6.07) is 8.53. The van der Waals surface area contributed by atoms with E-state index in [9.17, 15) is 18.5 Å². The highest BCUT2D eigenvalue weighted by Crippen LogP contribution is 2.19. The van der Waals surface area contributed by atoms with Crippen molar-refractivity contribution in [2.75, 3.05) is 32.7 Å². The zero-order valence-corrected chi connectivity index (χ0v) is 16.3. The number of carbonyl (C=O) groups excluding carboxylic acids is 1. The Balaban J connectivity index is 1.54. The average Bonchev–Trinajstić information content (AvgIpc) is 2.69. The van der Waals surface area contributed by atoms with Crippen molar-refractivity contribution in [3.63, 3.8) is 0 Å². The summed E-state index contributed by atoms with van der Waals surface area (Å²) >= 11 is 0. The van der Waals surface area contributed by atoms with Gasteiger partial charge in [-0.2, -0.15) is 9.57 Å². The Labute approximate surface area is 161 Å². The number of rotatable bonds is 5. The molecule has 0 radical (unpaired) electrons. The molecule has 1 aliphatic heterocycles. The molecule has 2 fully saturated rings. The Hall–Kier alpha value is -1.95. The molecule has 2 aliphatic rings. The molecule has 0 atom stereocenters. The fourth-order valence-electron chi connectivity index (χ4n) is 3.90. The molecular weight excluding hydrogens is 364 g/mol. The number of nitrogens with one attached hydrogen (secondary N) is 2. The topological polar surface area (TPSA) is 94.7 Å². The van der Waals surface area contributed by atoms with E-state index in [0.717, 1.165) is 17.7 Å². The molecule has 0 aromatic heterocycles. The maximum absolute atomic E-state index is 12.8. The average molecular weight is 392 g/mol. The predicted molar refractivity (Wildman–Crippen MR) is 100 cm³/mol. The quantitative estimate of drug-likeness (QED) is 0.733. The van der Waals surface area contributed by atoms with Crippen LogP contribution in [0.2, 0.25) is 0 Å². The van der Waals surface area contributed by atoms with Gasteiger partial charge in [0.05, 0.1) is 36.6 Å². The number of nitrogens with zero attached hydrogens (tertiary/aromatic N) is 2. The maximum atomic E-state index is 12.8. The molecule has 1 aromatic carbocycles. The van der Waals surface area contributed by atoms with Gasteiger partial charge in [0.1, 0.15) is 6.07 Å². The van der Waals surface area contributed by atoms with Crippen LogP contribution < -0.4 is 10.2 Å². The van der Waals surface area contributed by atoms with Gasteiger partial charge in [0.2, 0.25) is 10.0 Å². The lowest BCUT2D eigenvalue weighted by Crippen LogP contribution is -3.15. The first-order chi connectivity index (χ1) is 13.0. The molecule has 27 heavy (non-hydrogen) atoms. The van der Waals surface area contributed by atoms with Crippen LogP contribution in [0.25, 0.3) is 0 Å². The van der Waals surface area contributed by atoms with E-state index in [0.29, 0.717) is 38.8 Å². The molecule has 1 amide bonds. The first-order valence-corrected chi connectivity index (χ1v) is 11.1. The molecule has 1 aromatic rings. The van der Waals surface area contributed by atoms with E-state index in [1.807, 2.05) is 6.07 Å². The molecular formula is C19H27N4O3S+. The molecule has 0 unspecified atom stereocenters. The lowest BCUT2D eigenvalue weighted by molar-refractivity contribution is -0.895. The van der Waals surface area contributed by atoms with Gasteiger partial charge in [-0.15, -0.1) is 0 Å². The van der Waals surface area contributed by atoms with Crippen molar-refractivity contribution in [2.24, 2.45) is 0 Å². The van der Waals surface area contributed by atoms with Crippen LogP contribution in [-0.4, -0.2) is 57.4 Å². The van der Waals surface area contributed by atoms with Crippen LogP contribution in [0.5, 0.6) is 0 Å². The van der Waals surface area contributed by atoms with E-state index in [1.54, 1.807) is 12.1 Å². The summed E-state index contributed by atoms with van der Waals surface area (Å²) in [7, 11) is -3.68. The van der Waals surface area contributed by atoms with E-state index in [-0.39, 0.29) is 16.4 Å². The summed E-state index contributed by atoms with van der Waals surface area (Å²) in [5.41, 5.74) is 0.166. The summed E-state index contributed by atoms with van der Waals surface area (Å²) in [6.45, 7) is 2.28. The Kier molecular flexibility index (Phi) is 6.47. The minimum atomic E-state index is -3.68. The normalized spacial score (nSPS) is 20.1. The monoisotopic (exact) mass is 391 g/mol. The molecule has 3 rings (SSSR count). The molecule has 1 saturated heterocycles. The van der Waals surface area contributed by atoms with Crippen LogP contribution in [0, 0.1) is 11.3 Å². The molecule has 2 N–H and O–H groups in total. The van der Waals surface area contributed by atoms with Crippen LogP contribution >= 0.6 is 0 Å². The highest BCUT2D eigenvalue weighted by Gasteiger charge is 2.32. The van der Waals surface area contributed by atoms with Crippen LogP contribution in [0.4, 0.5) is 0 Å².